The molecule has 1 unspecified atom stereocenters. The largest absolute Gasteiger partial charge is 0.394 e. The number of rotatable bonds is 6. The molecule has 1 saturated heterocycles. The Labute approximate surface area is 106 Å². The summed E-state index contributed by atoms with van der Waals surface area (Å²) < 4.78 is 0. The van der Waals surface area contributed by atoms with Crippen LogP contribution >= 0.6 is 0 Å². The molecule has 0 aromatic heterocycles. The molecule has 0 aromatic rings. The van der Waals surface area contributed by atoms with Gasteiger partial charge >= 0.3 is 0 Å². The molecule has 102 valence electrons. The van der Waals surface area contributed by atoms with E-state index in [0.29, 0.717) is 0 Å². The predicted molar refractivity (Wildman–Crippen MR) is 73.0 cm³/mol. The Hall–Kier alpha value is -0.120. The number of likely N-dealkylation sites (tertiary alicyclic amines) is 1. The van der Waals surface area contributed by atoms with Crippen molar-refractivity contribution in [3.05, 3.63) is 0 Å². The van der Waals surface area contributed by atoms with E-state index in [4.69, 9.17) is 10.8 Å². The third-order valence-corrected chi connectivity index (χ3v) is 4.15. The molecule has 3 atom stereocenters. The summed E-state index contributed by atoms with van der Waals surface area (Å²) in [6, 6.07) is 1.47. The lowest BCUT2D eigenvalue weighted by Crippen LogP contribution is -2.44. The standard InChI is InChI=1S/C14H30N2O/c1-12-7-6-8-13(2)16(12)10-5-4-9-14(3,15)11-17/h12-13,17H,4-11,15H2,1-3H3/t12-,13+,14?. The van der Waals surface area contributed by atoms with Gasteiger partial charge < -0.3 is 10.8 Å². The van der Waals surface area contributed by atoms with Crippen molar-refractivity contribution in [2.45, 2.75) is 76.9 Å². The average Bonchev–Trinajstić information content (AvgIpc) is 2.27. The lowest BCUT2D eigenvalue weighted by Gasteiger charge is -2.39. The first-order valence-corrected chi connectivity index (χ1v) is 7.12. The van der Waals surface area contributed by atoms with Crippen molar-refractivity contribution in [3.8, 4) is 0 Å². The molecular weight excluding hydrogens is 212 g/mol. The second kappa shape index (κ2) is 6.72. The summed E-state index contributed by atoms with van der Waals surface area (Å²) >= 11 is 0. The van der Waals surface area contributed by atoms with Crippen molar-refractivity contribution in [2.24, 2.45) is 5.73 Å². The molecule has 1 heterocycles. The minimum Gasteiger partial charge on any atom is -0.394 e. The van der Waals surface area contributed by atoms with E-state index in [2.05, 4.69) is 18.7 Å². The zero-order chi connectivity index (χ0) is 12.9. The van der Waals surface area contributed by atoms with Gasteiger partial charge in [0.1, 0.15) is 0 Å². The van der Waals surface area contributed by atoms with Crippen molar-refractivity contribution < 1.29 is 5.11 Å². The number of hydrogen-bond donors (Lipinski definition) is 2. The highest BCUT2D eigenvalue weighted by Gasteiger charge is 2.24. The zero-order valence-electron chi connectivity index (χ0n) is 11.8. The number of aliphatic hydroxyl groups excluding tert-OH is 1. The van der Waals surface area contributed by atoms with Crippen LogP contribution in [0.1, 0.15) is 59.3 Å². The molecule has 0 aliphatic carbocycles. The van der Waals surface area contributed by atoms with Crippen LogP contribution in [0.4, 0.5) is 0 Å². The van der Waals surface area contributed by atoms with Crippen LogP contribution in [0, 0.1) is 0 Å². The molecule has 1 aliphatic rings. The smallest absolute Gasteiger partial charge is 0.0608 e. The molecule has 0 aromatic carbocycles. The van der Waals surface area contributed by atoms with Gasteiger partial charge in [-0.05, 0) is 53.0 Å². The SMILES string of the molecule is C[C@@H]1CCC[C@H](C)N1CCCCC(C)(N)CO. The summed E-state index contributed by atoms with van der Waals surface area (Å²) in [7, 11) is 0. The predicted octanol–water partition coefficient (Wildman–Crippen LogP) is 2.13. The van der Waals surface area contributed by atoms with E-state index in [0.717, 1.165) is 24.9 Å². The van der Waals surface area contributed by atoms with E-state index in [1.165, 1.54) is 32.2 Å². The molecule has 0 amide bonds. The van der Waals surface area contributed by atoms with E-state index in [9.17, 15) is 0 Å². The first-order chi connectivity index (χ1) is 7.96. The fourth-order valence-electron chi connectivity index (χ4n) is 2.82. The van der Waals surface area contributed by atoms with Crippen LogP contribution < -0.4 is 5.73 Å². The van der Waals surface area contributed by atoms with Gasteiger partial charge in [0.15, 0.2) is 0 Å². The summed E-state index contributed by atoms with van der Waals surface area (Å²) in [6.45, 7) is 7.89. The minimum absolute atomic E-state index is 0.0868. The van der Waals surface area contributed by atoms with Crippen LogP contribution in [0.5, 0.6) is 0 Å². The first-order valence-electron chi connectivity index (χ1n) is 7.12. The summed E-state index contributed by atoms with van der Waals surface area (Å²) in [5.74, 6) is 0. The molecule has 0 radical (unpaired) electrons. The normalized spacial score (nSPS) is 30.2. The van der Waals surface area contributed by atoms with Gasteiger partial charge in [-0.2, -0.15) is 0 Å². The number of piperidine rings is 1. The van der Waals surface area contributed by atoms with E-state index in [1.807, 2.05) is 6.92 Å². The first kappa shape index (κ1) is 14.9. The van der Waals surface area contributed by atoms with E-state index < -0.39 is 0 Å². The lowest BCUT2D eigenvalue weighted by atomic mass is 9.95. The minimum atomic E-state index is -0.390. The molecule has 1 fully saturated rings. The average molecular weight is 242 g/mol. The van der Waals surface area contributed by atoms with Crippen molar-refractivity contribution in [2.75, 3.05) is 13.2 Å². The molecular formula is C14H30N2O. The van der Waals surface area contributed by atoms with Crippen molar-refractivity contribution >= 4 is 0 Å². The van der Waals surface area contributed by atoms with Crippen LogP contribution in [0.25, 0.3) is 0 Å². The van der Waals surface area contributed by atoms with Crippen LogP contribution in [-0.2, 0) is 0 Å². The molecule has 3 nitrogen and oxygen atoms in total. The van der Waals surface area contributed by atoms with Gasteiger partial charge in [0.25, 0.3) is 0 Å². The third kappa shape index (κ3) is 4.94. The number of nitrogens with zero attached hydrogens (tertiary/aromatic N) is 1. The van der Waals surface area contributed by atoms with E-state index in [-0.39, 0.29) is 12.1 Å². The van der Waals surface area contributed by atoms with E-state index >= 15 is 0 Å². The Morgan fingerprint density at radius 3 is 2.35 bits per heavy atom. The molecule has 1 aliphatic heterocycles. The maximum atomic E-state index is 9.09. The van der Waals surface area contributed by atoms with Gasteiger partial charge in [0.05, 0.1) is 6.61 Å². The second-order valence-corrected chi connectivity index (χ2v) is 6.14. The Bertz CT molecular complexity index is 208. The molecule has 0 bridgehead atoms. The topological polar surface area (TPSA) is 49.5 Å². The third-order valence-electron chi connectivity index (χ3n) is 4.15. The molecule has 1 rings (SSSR count). The monoisotopic (exact) mass is 242 g/mol. The van der Waals surface area contributed by atoms with Crippen molar-refractivity contribution in [3.63, 3.8) is 0 Å². The Kier molecular flexibility index (Phi) is 5.90. The lowest BCUT2D eigenvalue weighted by molar-refractivity contribution is 0.0996. The fraction of sp³-hybridized carbons (Fsp3) is 1.00. The van der Waals surface area contributed by atoms with Gasteiger partial charge in [0.2, 0.25) is 0 Å². The van der Waals surface area contributed by atoms with Gasteiger partial charge in [-0.15, -0.1) is 0 Å². The van der Waals surface area contributed by atoms with E-state index in [1.54, 1.807) is 0 Å². The summed E-state index contributed by atoms with van der Waals surface area (Å²) in [5.41, 5.74) is 5.54. The highest BCUT2D eigenvalue weighted by molar-refractivity contribution is 4.80. The molecule has 0 spiro atoms. The number of hydrogen-bond acceptors (Lipinski definition) is 3. The second-order valence-electron chi connectivity index (χ2n) is 6.14. The van der Waals surface area contributed by atoms with Crippen molar-refractivity contribution in [1.29, 1.82) is 0 Å². The summed E-state index contributed by atoms with van der Waals surface area (Å²) in [4.78, 5) is 2.64. The van der Waals surface area contributed by atoms with Crippen LogP contribution in [0.2, 0.25) is 0 Å². The van der Waals surface area contributed by atoms with Gasteiger partial charge in [-0.3, -0.25) is 4.90 Å². The summed E-state index contributed by atoms with van der Waals surface area (Å²) in [5, 5.41) is 9.09. The fourth-order valence-corrected chi connectivity index (χ4v) is 2.82. The molecule has 3 heteroatoms. The maximum absolute atomic E-state index is 9.09. The molecule has 3 N–H and O–H groups in total. The van der Waals surface area contributed by atoms with Crippen LogP contribution in [0.3, 0.4) is 0 Å². The van der Waals surface area contributed by atoms with Crippen LogP contribution in [0.15, 0.2) is 0 Å². The van der Waals surface area contributed by atoms with Crippen LogP contribution in [-0.4, -0.2) is 40.8 Å². The highest BCUT2D eigenvalue weighted by atomic mass is 16.3. The quantitative estimate of drug-likeness (QED) is 0.702. The molecule has 17 heavy (non-hydrogen) atoms. The number of unbranched alkanes of at least 4 members (excludes halogenated alkanes) is 1. The highest BCUT2D eigenvalue weighted by Crippen LogP contribution is 2.23. The number of nitrogens with two attached hydrogens (primary N) is 1. The van der Waals surface area contributed by atoms with Crippen molar-refractivity contribution in [1.82, 2.24) is 4.90 Å². The maximum Gasteiger partial charge on any atom is 0.0608 e. The zero-order valence-corrected chi connectivity index (χ0v) is 11.8. The van der Waals surface area contributed by atoms with Gasteiger partial charge in [-0.25, -0.2) is 0 Å². The molecule has 0 saturated carbocycles. The Morgan fingerprint density at radius 2 is 1.82 bits per heavy atom. The number of aliphatic hydroxyl groups is 1. The van der Waals surface area contributed by atoms with Gasteiger partial charge in [-0.1, -0.05) is 12.8 Å². The summed E-state index contributed by atoms with van der Waals surface area (Å²) in [6.07, 6.45) is 7.29. The Morgan fingerprint density at radius 1 is 1.24 bits per heavy atom. The van der Waals surface area contributed by atoms with Gasteiger partial charge in [0, 0.05) is 17.6 Å². The Balaban J connectivity index is 2.21.